The second kappa shape index (κ2) is 7.52. The van der Waals surface area contributed by atoms with Gasteiger partial charge in [0.1, 0.15) is 15.6 Å². The van der Waals surface area contributed by atoms with E-state index in [0.717, 1.165) is 27.9 Å². The van der Waals surface area contributed by atoms with Gasteiger partial charge in [-0.05, 0) is 42.7 Å². The molecule has 0 bridgehead atoms. The Morgan fingerprint density at radius 1 is 1.21 bits per heavy atom. The maximum atomic E-state index is 13.1. The van der Waals surface area contributed by atoms with Gasteiger partial charge in [0.15, 0.2) is 0 Å². The van der Waals surface area contributed by atoms with Gasteiger partial charge in [0.2, 0.25) is 5.91 Å². The van der Waals surface area contributed by atoms with E-state index in [4.69, 9.17) is 0 Å². The highest BCUT2D eigenvalue weighted by Gasteiger charge is 2.22. The first-order valence-electron chi connectivity index (χ1n) is 9.26. The Hall–Kier alpha value is -3.06. The van der Waals surface area contributed by atoms with Gasteiger partial charge in [-0.15, -0.1) is 11.3 Å². The van der Waals surface area contributed by atoms with Gasteiger partial charge in [0.05, 0.1) is 11.8 Å². The van der Waals surface area contributed by atoms with Crippen molar-refractivity contribution in [3.8, 4) is 0 Å². The Morgan fingerprint density at radius 2 is 2.07 bits per heavy atom. The number of benzene rings is 1. The molecule has 0 saturated carbocycles. The zero-order valence-electron chi connectivity index (χ0n) is 15.7. The zero-order valence-corrected chi connectivity index (χ0v) is 16.5. The van der Waals surface area contributed by atoms with Crippen LogP contribution in [0.2, 0.25) is 0 Å². The van der Waals surface area contributed by atoms with E-state index in [1.807, 2.05) is 43.3 Å². The molecule has 0 aliphatic heterocycles. The van der Waals surface area contributed by atoms with Crippen LogP contribution in [0.5, 0.6) is 0 Å². The molecule has 4 aromatic rings. The number of carbonyl (C=O) groups is 1. The molecule has 28 heavy (non-hydrogen) atoms. The van der Waals surface area contributed by atoms with Crippen molar-refractivity contribution in [2.75, 3.05) is 5.32 Å². The number of hydrogen-bond acceptors (Lipinski definition) is 5. The first-order chi connectivity index (χ1) is 13.6. The molecular formula is C21H20N4O2S. The van der Waals surface area contributed by atoms with Gasteiger partial charge in [0, 0.05) is 17.3 Å². The normalized spacial score (nSPS) is 12.4. The maximum Gasteiger partial charge on any atom is 0.272 e. The summed E-state index contributed by atoms with van der Waals surface area (Å²) in [5, 5.41) is 3.79. The van der Waals surface area contributed by atoms with Crippen LogP contribution in [0.1, 0.15) is 31.9 Å². The standard InChI is InChI=1S/C21H20N4O2S/c1-3-13-7-5-8-14(11-13)24-19(26)16(4-2)25-12-23-17-15-9-6-10-22-20(15)28-18(17)21(25)27/h5-12,16H,3-4H2,1-2H3,(H,24,26)/t16-/m0/s1. The highest BCUT2D eigenvalue weighted by molar-refractivity contribution is 7.25. The van der Waals surface area contributed by atoms with Crippen LogP contribution in [0.3, 0.4) is 0 Å². The van der Waals surface area contributed by atoms with Crippen molar-refractivity contribution in [3.63, 3.8) is 0 Å². The molecule has 1 N–H and O–H groups in total. The summed E-state index contributed by atoms with van der Waals surface area (Å²) in [6.07, 6.45) is 4.54. The third-order valence-electron chi connectivity index (χ3n) is 4.81. The molecule has 0 fully saturated rings. The maximum absolute atomic E-state index is 13.1. The van der Waals surface area contributed by atoms with Gasteiger partial charge in [-0.25, -0.2) is 9.97 Å². The topological polar surface area (TPSA) is 76.9 Å². The summed E-state index contributed by atoms with van der Waals surface area (Å²) >= 11 is 1.31. The predicted molar refractivity (Wildman–Crippen MR) is 113 cm³/mol. The van der Waals surface area contributed by atoms with Crippen LogP contribution in [0, 0.1) is 0 Å². The third kappa shape index (κ3) is 3.18. The number of fused-ring (bicyclic) bond motifs is 3. The van der Waals surface area contributed by atoms with Crippen LogP contribution in [-0.4, -0.2) is 20.4 Å². The molecule has 1 aromatic carbocycles. The van der Waals surface area contributed by atoms with Crippen LogP contribution in [0.4, 0.5) is 5.69 Å². The van der Waals surface area contributed by atoms with Gasteiger partial charge in [-0.3, -0.25) is 14.2 Å². The smallest absolute Gasteiger partial charge is 0.272 e. The summed E-state index contributed by atoms with van der Waals surface area (Å²) < 4.78 is 1.95. The molecule has 1 amide bonds. The van der Waals surface area contributed by atoms with E-state index in [1.165, 1.54) is 22.2 Å². The van der Waals surface area contributed by atoms with Crippen molar-refractivity contribution in [2.45, 2.75) is 32.7 Å². The molecule has 0 aliphatic rings. The lowest BCUT2D eigenvalue weighted by atomic mass is 10.1. The number of nitrogens with one attached hydrogen (secondary N) is 1. The Bertz CT molecular complexity index is 1230. The first kappa shape index (κ1) is 18.3. The van der Waals surface area contributed by atoms with Crippen LogP contribution in [0.25, 0.3) is 20.4 Å². The Labute approximate surface area is 165 Å². The minimum absolute atomic E-state index is 0.211. The van der Waals surface area contributed by atoms with Crippen molar-refractivity contribution in [1.29, 1.82) is 0 Å². The number of aromatic nitrogens is 3. The van der Waals surface area contributed by atoms with Crippen LogP contribution >= 0.6 is 11.3 Å². The molecule has 6 nitrogen and oxygen atoms in total. The number of amides is 1. The molecule has 0 radical (unpaired) electrons. The number of anilines is 1. The van der Waals surface area contributed by atoms with Gasteiger partial charge in [0.25, 0.3) is 5.56 Å². The van der Waals surface area contributed by atoms with Crippen LogP contribution in [-0.2, 0) is 11.2 Å². The number of rotatable bonds is 5. The summed E-state index contributed by atoms with van der Waals surface area (Å²) in [5.74, 6) is -0.224. The Balaban J connectivity index is 1.72. The molecule has 0 spiro atoms. The van der Waals surface area contributed by atoms with Crippen molar-refractivity contribution < 1.29 is 4.79 Å². The number of nitrogens with zero attached hydrogens (tertiary/aromatic N) is 3. The van der Waals surface area contributed by atoms with E-state index >= 15 is 0 Å². The summed E-state index contributed by atoms with van der Waals surface area (Å²) in [6, 6.07) is 10.8. The number of hydrogen-bond donors (Lipinski definition) is 1. The molecule has 3 heterocycles. The molecule has 1 atom stereocenters. The minimum atomic E-state index is -0.632. The van der Waals surface area contributed by atoms with Crippen LogP contribution in [0.15, 0.2) is 53.7 Å². The molecule has 0 saturated heterocycles. The van der Waals surface area contributed by atoms with Crippen molar-refractivity contribution >= 4 is 43.4 Å². The molecule has 0 aliphatic carbocycles. The number of aryl methyl sites for hydroxylation is 1. The van der Waals surface area contributed by atoms with E-state index in [2.05, 4.69) is 22.2 Å². The number of thiophene rings is 1. The third-order valence-corrected chi connectivity index (χ3v) is 5.90. The van der Waals surface area contributed by atoms with Crippen molar-refractivity contribution in [3.05, 3.63) is 64.8 Å². The quantitative estimate of drug-likeness (QED) is 0.553. The lowest BCUT2D eigenvalue weighted by Gasteiger charge is -2.17. The fourth-order valence-electron chi connectivity index (χ4n) is 3.31. The average molecular weight is 392 g/mol. The van der Waals surface area contributed by atoms with E-state index in [-0.39, 0.29) is 11.5 Å². The Morgan fingerprint density at radius 3 is 2.86 bits per heavy atom. The van der Waals surface area contributed by atoms with Crippen LogP contribution < -0.4 is 10.9 Å². The molecular weight excluding hydrogens is 372 g/mol. The summed E-state index contributed by atoms with van der Waals surface area (Å²) in [5.41, 5.74) is 2.30. The molecule has 7 heteroatoms. The average Bonchev–Trinajstić information content (AvgIpc) is 3.10. The zero-order chi connectivity index (χ0) is 19.7. The van der Waals surface area contributed by atoms with E-state index < -0.39 is 6.04 Å². The second-order valence-corrected chi connectivity index (χ2v) is 7.56. The van der Waals surface area contributed by atoms with Gasteiger partial charge >= 0.3 is 0 Å². The second-order valence-electron chi connectivity index (χ2n) is 6.56. The first-order valence-corrected chi connectivity index (χ1v) is 10.1. The summed E-state index contributed by atoms with van der Waals surface area (Å²) in [7, 11) is 0. The molecule has 4 rings (SSSR count). The SMILES string of the molecule is CCc1cccc(NC(=O)[C@H](CC)n2cnc3c(sc4ncccc43)c2=O)c1. The lowest BCUT2D eigenvalue weighted by Crippen LogP contribution is -2.33. The minimum Gasteiger partial charge on any atom is -0.324 e. The van der Waals surface area contributed by atoms with Gasteiger partial charge in [-0.2, -0.15) is 0 Å². The monoisotopic (exact) mass is 392 g/mol. The van der Waals surface area contributed by atoms with E-state index in [0.29, 0.717) is 16.6 Å². The van der Waals surface area contributed by atoms with Crippen molar-refractivity contribution in [1.82, 2.24) is 14.5 Å². The molecule has 0 unspecified atom stereocenters. The number of pyridine rings is 1. The predicted octanol–water partition coefficient (Wildman–Crippen LogP) is 4.16. The Kier molecular flexibility index (Phi) is 4.92. The molecule has 3 aromatic heterocycles. The van der Waals surface area contributed by atoms with Crippen molar-refractivity contribution in [2.24, 2.45) is 0 Å². The van der Waals surface area contributed by atoms with Gasteiger partial charge in [-0.1, -0.05) is 26.0 Å². The van der Waals surface area contributed by atoms with Gasteiger partial charge < -0.3 is 5.32 Å². The number of carbonyl (C=O) groups excluding carboxylic acids is 1. The fourth-order valence-corrected chi connectivity index (χ4v) is 4.34. The lowest BCUT2D eigenvalue weighted by molar-refractivity contribution is -0.119. The van der Waals surface area contributed by atoms with E-state index in [1.54, 1.807) is 6.20 Å². The van der Waals surface area contributed by atoms with E-state index in [9.17, 15) is 9.59 Å². The highest BCUT2D eigenvalue weighted by atomic mass is 32.1. The largest absolute Gasteiger partial charge is 0.324 e. The fraction of sp³-hybridized carbons (Fsp3) is 0.238. The summed E-state index contributed by atoms with van der Waals surface area (Å²) in [6.45, 7) is 3.95. The summed E-state index contributed by atoms with van der Waals surface area (Å²) in [4.78, 5) is 35.5. The highest BCUT2D eigenvalue weighted by Crippen LogP contribution is 2.28. The molecule has 142 valence electrons.